The lowest BCUT2D eigenvalue weighted by Crippen LogP contribution is -2.56. The van der Waals surface area contributed by atoms with Crippen molar-refractivity contribution < 1.29 is 14.0 Å². The van der Waals surface area contributed by atoms with Crippen molar-refractivity contribution >= 4 is 33.6 Å². The first-order valence-corrected chi connectivity index (χ1v) is 11.5. The molecule has 7 nitrogen and oxygen atoms in total. The minimum Gasteiger partial charge on any atom is -0.326 e. The summed E-state index contributed by atoms with van der Waals surface area (Å²) in [5.74, 6) is -0.940. The number of likely N-dealkylation sites (tertiary alicyclic amines) is 1. The maximum atomic E-state index is 14.1. The Morgan fingerprint density at radius 1 is 1.16 bits per heavy atom. The molecule has 170 valence electrons. The van der Waals surface area contributed by atoms with Gasteiger partial charge in [0.2, 0.25) is 5.91 Å². The first-order valence-electron chi connectivity index (χ1n) is 10.7. The Bertz CT molecular complexity index is 1100. The summed E-state index contributed by atoms with van der Waals surface area (Å²) in [7, 11) is 0. The second kappa shape index (κ2) is 9.05. The van der Waals surface area contributed by atoms with Crippen LogP contribution in [0.5, 0.6) is 0 Å². The monoisotopic (exact) mass is 504 g/mol. The molecule has 0 unspecified atom stereocenters. The predicted octanol–water partition coefficient (Wildman–Crippen LogP) is 3.54. The van der Waals surface area contributed by atoms with E-state index in [4.69, 9.17) is 0 Å². The molecule has 32 heavy (non-hydrogen) atoms. The number of amides is 3. The van der Waals surface area contributed by atoms with E-state index < -0.39 is 17.8 Å². The van der Waals surface area contributed by atoms with Crippen molar-refractivity contribution in [1.82, 2.24) is 14.8 Å². The number of halogens is 2. The number of anilines is 1. The van der Waals surface area contributed by atoms with Gasteiger partial charge in [-0.3, -0.25) is 9.59 Å². The molecular formula is C23H26BrFN4O3. The van der Waals surface area contributed by atoms with Gasteiger partial charge in [0.25, 0.3) is 5.56 Å². The van der Waals surface area contributed by atoms with E-state index in [1.807, 2.05) is 24.5 Å². The van der Waals surface area contributed by atoms with Crippen molar-refractivity contribution in [3.63, 3.8) is 0 Å². The maximum Gasteiger partial charge on any atom is 0.318 e. The van der Waals surface area contributed by atoms with Crippen molar-refractivity contribution in [3.8, 4) is 0 Å². The number of rotatable bonds is 4. The fraction of sp³-hybridized carbons (Fsp3) is 0.435. The normalized spacial score (nSPS) is 20.5. The standard InChI is InChI=1S/C23H26BrFN4O3/c1-13(2)21(22(31)26-18-7-6-16(24)9-17(18)25)27-23(32)28-10-14-8-15(12-28)19-4-3-5-20(30)29(19)11-14/h3-7,9,13-15,21H,8,10-12H2,1-2H3,(H,26,31)(H,27,32)/t14-,15+,21+/m1/s1. The molecule has 1 saturated heterocycles. The van der Waals surface area contributed by atoms with Gasteiger partial charge < -0.3 is 20.1 Å². The van der Waals surface area contributed by atoms with Crippen LogP contribution in [0.4, 0.5) is 14.9 Å². The SMILES string of the molecule is CC(C)[C@H](NC(=O)N1C[C@H]2C[C@@H](C1)c1cccc(=O)n1C2)C(=O)Nc1ccc(Br)cc1F. The molecular weight excluding hydrogens is 479 g/mol. The van der Waals surface area contributed by atoms with Gasteiger partial charge in [-0.1, -0.05) is 35.8 Å². The van der Waals surface area contributed by atoms with Crippen LogP contribution in [0.3, 0.4) is 0 Å². The minimum atomic E-state index is -0.817. The second-order valence-electron chi connectivity index (χ2n) is 8.89. The van der Waals surface area contributed by atoms with Crippen LogP contribution in [0.1, 0.15) is 31.9 Å². The number of carbonyl (C=O) groups excluding carboxylic acids is 2. The van der Waals surface area contributed by atoms with Crippen molar-refractivity contribution in [2.75, 3.05) is 18.4 Å². The van der Waals surface area contributed by atoms with Gasteiger partial charge in [0.1, 0.15) is 11.9 Å². The van der Waals surface area contributed by atoms with E-state index in [-0.39, 0.29) is 35.0 Å². The number of hydrogen-bond acceptors (Lipinski definition) is 3. The Kier molecular flexibility index (Phi) is 6.37. The van der Waals surface area contributed by atoms with Gasteiger partial charge in [0.05, 0.1) is 5.69 Å². The molecule has 1 aromatic heterocycles. The zero-order valence-electron chi connectivity index (χ0n) is 18.0. The van der Waals surface area contributed by atoms with Crippen LogP contribution in [0, 0.1) is 17.7 Å². The van der Waals surface area contributed by atoms with Crippen LogP contribution in [0.15, 0.2) is 45.7 Å². The van der Waals surface area contributed by atoms with E-state index in [9.17, 15) is 18.8 Å². The topological polar surface area (TPSA) is 83.4 Å². The van der Waals surface area contributed by atoms with E-state index >= 15 is 0 Å². The first-order chi connectivity index (χ1) is 15.2. The minimum absolute atomic E-state index is 0.00758. The molecule has 0 radical (unpaired) electrons. The molecule has 2 bridgehead atoms. The smallest absolute Gasteiger partial charge is 0.318 e. The highest BCUT2D eigenvalue weighted by Gasteiger charge is 2.37. The van der Waals surface area contributed by atoms with Gasteiger partial charge in [-0.25, -0.2) is 9.18 Å². The third-order valence-corrected chi connectivity index (χ3v) is 6.68. The molecule has 9 heteroatoms. The lowest BCUT2D eigenvalue weighted by molar-refractivity contribution is -0.118. The highest BCUT2D eigenvalue weighted by molar-refractivity contribution is 9.10. The van der Waals surface area contributed by atoms with Crippen molar-refractivity contribution in [1.29, 1.82) is 0 Å². The van der Waals surface area contributed by atoms with Crippen LogP contribution in [0.25, 0.3) is 0 Å². The van der Waals surface area contributed by atoms with Crippen LogP contribution >= 0.6 is 15.9 Å². The Morgan fingerprint density at radius 3 is 2.66 bits per heavy atom. The molecule has 3 atom stereocenters. The number of hydrogen-bond donors (Lipinski definition) is 2. The van der Waals surface area contributed by atoms with Crippen molar-refractivity contribution in [2.24, 2.45) is 11.8 Å². The Balaban J connectivity index is 1.45. The van der Waals surface area contributed by atoms with Gasteiger partial charge in [0.15, 0.2) is 0 Å². The third-order valence-electron chi connectivity index (χ3n) is 6.18. The number of carbonyl (C=O) groups is 2. The number of piperidine rings is 1. The summed E-state index contributed by atoms with van der Waals surface area (Å²) in [4.78, 5) is 39.8. The lowest BCUT2D eigenvalue weighted by Gasteiger charge is -2.43. The Morgan fingerprint density at radius 2 is 1.94 bits per heavy atom. The Labute approximate surface area is 194 Å². The Hall–Kier alpha value is -2.68. The average Bonchev–Trinajstić information content (AvgIpc) is 2.74. The molecule has 1 aromatic carbocycles. The largest absolute Gasteiger partial charge is 0.326 e. The summed E-state index contributed by atoms with van der Waals surface area (Å²) >= 11 is 3.19. The average molecular weight is 505 g/mol. The highest BCUT2D eigenvalue weighted by Crippen LogP contribution is 2.35. The van der Waals surface area contributed by atoms with E-state index in [0.29, 0.717) is 24.1 Å². The third kappa shape index (κ3) is 4.57. The first kappa shape index (κ1) is 22.5. The summed E-state index contributed by atoms with van der Waals surface area (Å²) in [6.45, 7) is 5.26. The lowest BCUT2D eigenvalue weighted by atomic mass is 9.83. The number of benzene rings is 1. The van der Waals surface area contributed by atoms with Gasteiger partial charge in [-0.2, -0.15) is 0 Å². The fourth-order valence-electron chi connectivity index (χ4n) is 4.62. The molecule has 2 aliphatic rings. The zero-order chi connectivity index (χ0) is 23.0. The summed E-state index contributed by atoms with van der Waals surface area (Å²) in [5.41, 5.74) is 1.01. The van der Waals surface area contributed by atoms with Gasteiger partial charge in [-0.05, 0) is 42.5 Å². The summed E-state index contributed by atoms with van der Waals surface area (Å²) in [6, 6.07) is 8.51. The molecule has 1 fully saturated rings. The zero-order valence-corrected chi connectivity index (χ0v) is 19.6. The number of pyridine rings is 1. The van der Waals surface area contributed by atoms with Crippen molar-refractivity contribution in [3.05, 3.63) is 62.7 Å². The quantitative estimate of drug-likeness (QED) is 0.667. The molecule has 2 aliphatic heterocycles. The summed E-state index contributed by atoms with van der Waals surface area (Å²) in [6.07, 6.45) is 0.935. The second-order valence-corrected chi connectivity index (χ2v) is 9.80. The molecule has 0 spiro atoms. The number of nitrogens with one attached hydrogen (secondary N) is 2. The number of aromatic nitrogens is 1. The number of nitrogens with zero attached hydrogens (tertiary/aromatic N) is 2. The van der Waals surface area contributed by atoms with E-state index in [1.165, 1.54) is 12.1 Å². The number of urea groups is 1. The highest BCUT2D eigenvalue weighted by atomic mass is 79.9. The summed E-state index contributed by atoms with van der Waals surface area (Å²) in [5, 5.41) is 5.42. The van der Waals surface area contributed by atoms with Gasteiger partial charge >= 0.3 is 6.03 Å². The maximum absolute atomic E-state index is 14.1. The van der Waals surface area contributed by atoms with Crippen LogP contribution in [-0.4, -0.2) is 40.5 Å². The van der Waals surface area contributed by atoms with Crippen LogP contribution in [0.2, 0.25) is 0 Å². The van der Waals surface area contributed by atoms with E-state index in [0.717, 1.165) is 12.1 Å². The van der Waals surface area contributed by atoms with Gasteiger partial charge in [-0.15, -0.1) is 0 Å². The molecule has 3 amide bonds. The summed E-state index contributed by atoms with van der Waals surface area (Å²) < 4.78 is 16.5. The molecule has 2 N–H and O–H groups in total. The van der Waals surface area contributed by atoms with E-state index in [2.05, 4.69) is 26.6 Å². The van der Waals surface area contributed by atoms with Gasteiger partial charge in [0, 0.05) is 41.8 Å². The molecule has 2 aromatic rings. The van der Waals surface area contributed by atoms with E-state index in [1.54, 1.807) is 23.1 Å². The fourth-order valence-corrected chi connectivity index (χ4v) is 4.96. The van der Waals surface area contributed by atoms with Crippen LogP contribution < -0.4 is 16.2 Å². The predicted molar refractivity (Wildman–Crippen MR) is 123 cm³/mol. The molecule has 0 saturated carbocycles. The van der Waals surface area contributed by atoms with Crippen LogP contribution in [-0.2, 0) is 11.3 Å². The molecule has 3 heterocycles. The number of fused-ring (bicyclic) bond motifs is 4. The molecule has 0 aliphatic carbocycles. The molecule has 4 rings (SSSR count). The van der Waals surface area contributed by atoms with Crippen molar-refractivity contribution in [2.45, 2.75) is 38.8 Å².